The first-order valence-electron chi connectivity index (χ1n) is 9.67. The summed E-state index contributed by atoms with van der Waals surface area (Å²) in [5, 5.41) is 3.11. The number of hydrogen-bond acceptors (Lipinski definition) is 1. The van der Waals surface area contributed by atoms with E-state index in [0.29, 0.717) is 12.5 Å². The average molecular weight is 354 g/mol. The molecule has 2 aromatic rings. The molecule has 2 heteroatoms. The minimum absolute atomic E-state index is 0.0607. The summed E-state index contributed by atoms with van der Waals surface area (Å²) in [6.07, 6.45) is 0.991. The molecule has 0 aliphatic rings. The standard InChI is InChI=1S/C20H25NO.C4H10/c1-16(2)14-15-21-19(22)20(3,17-10-6-4-7-11-17)18-12-8-5-9-13-18;1-4(2)3/h4-13,16H,14-15H2,1-3H3,(H,21,22);4H,1-3H3. The van der Waals surface area contributed by atoms with Gasteiger partial charge in [-0.1, -0.05) is 95.3 Å². The van der Waals surface area contributed by atoms with Crippen LogP contribution < -0.4 is 5.32 Å². The molecule has 0 unspecified atom stereocenters. The summed E-state index contributed by atoms with van der Waals surface area (Å²) in [5.41, 5.74) is 1.37. The zero-order chi connectivity index (χ0) is 19.6. The summed E-state index contributed by atoms with van der Waals surface area (Å²) in [7, 11) is 0. The predicted octanol–water partition coefficient (Wildman–Crippen LogP) is 5.82. The van der Waals surface area contributed by atoms with E-state index in [-0.39, 0.29) is 5.91 Å². The summed E-state index contributed by atoms with van der Waals surface area (Å²) < 4.78 is 0. The van der Waals surface area contributed by atoms with Gasteiger partial charge in [-0.05, 0) is 36.3 Å². The fourth-order valence-corrected chi connectivity index (χ4v) is 2.62. The first-order chi connectivity index (χ1) is 12.3. The monoisotopic (exact) mass is 353 g/mol. The van der Waals surface area contributed by atoms with Crippen LogP contribution in [0.25, 0.3) is 0 Å². The highest BCUT2D eigenvalue weighted by atomic mass is 16.2. The molecular formula is C24H35NO. The average Bonchev–Trinajstić information content (AvgIpc) is 2.61. The van der Waals surface area contributed by atoms with E-state index in [0.717, 1.165) is 23.5 Å². The fraction of sp³-hybridized carbons (Fsp3) is 0.458. The number of amides is 1. The van der Waals surface area contributed by atoms with E-state index in [1.54, 1.807) is 0 Å². The van der Waals surface area contributed by atoms with Crippen molar-refractivity contribution < 1.29 is 4.79 Å². The second-order valence-electron chi connectivity index (χ2n) is 8.03. The van der Waals surface area contributed by atoms with E-state index in [1.807, 2.05) is 67.6 Å². The van der Waals surface area contributed by atoms with Gasteiger partial charge in [0, 0.05) is 6.54 Å². The lowest BCUT2D eigenvalue weighted by Crippen LogP contribution is -2.43. The molecule has 0 spiro atoms. The Hall–Kier alpha value is -2.09. The molecule has 2 rings (SSSR count). The van der Waals surface area contributed by atoms with Crippen molar-refractivity contribution in [1.29, 1.82) is 0 Å². The van der Waals surface area contributed by atoms with Crippen molar-refractivity contribution in [2.45, 2.75) is 53.4 Å². The van der Waals surface area contributed by atoms with Gasteiger partial charge >= 0.3 is 0 Å². The van der Waals surface area contributed by atoms with Crippen LogP contribution in [0.15, 0.2) is 60.7 Å². The molecule has 0 aliphatic carbocycles. The van der Waals surface area contributed by atoms with Crippen LogP contribution in [0.3, 0.4) is 0 Å². The maximum Gasteiger partial charge on any atom is 0.234 e. The Balaban J connectivity index is 0.000000765. The van der Waals surface area contributed by atoms with Crippen molar-refractivity contribution in [2.75, 3.05) is 6.54 Å². The van der Waals surface area contributed by atoms with Crippen LogP contribution >= 0.6 is 0 Å². The van der Waals surface area contributed by atoms with Gasteiger partial charge in [-0.3, -0.25) is 4.79 Å². The van der Waals surface area contributed by atoms with Gasteiger partial charge in [-0.15, -0.1) is 0 Å². The van der Waals surface area contributed by atoms with Crippen molar-refractivity contribution in [3.63, 3.8) is 0 Å². The van der Waals surface area contributed by atoms with Crippen molar-refractivity contribution in [3.8, 4) is 0 Å². The van der Waals surface area contributed by atoms with Gasteiger partial charge in [0.05, 0.1) is 5.41 Å². The molecule has 2 nitrogen and oxygen atoms in total. The third-order valence-corrected chi connectivity index (χ3v) is 4.16. The van der Waals surface area contributed by atoms with Crippen LogP contribution in [0, 0.1) is 11.8 Å². The molecule has 0 heterocycles. The first-order valence-corrected chi connectivity index (χ1v) is 9.67. The zero-order valence-corrected chi connectivity index (χ0v) is 17.3. The van der Waals surface area contributed by atoms with Crippen LogP contribution in [0.5, 0.6) is 0 Å². The molecular weight excluding hydrogens is 318 g/mol. The topological polar surface area (TPSA) is 29.1 Å². The van der Waals surface area contributed by atoms with Crippen LogP contribution in [0.2, 0.25) is 0 Å². The number of rotatable bonds is 6. The van der Waals surface area contributed by atoms with Crippen molar-refractivity contribution in [1.82, 2.24) is 5.32 Å². The summed E-state index contributed by atoms with van der Waals surface area (Å²) >= 11 is 0. The molecule has 1 amide bonds. The molecule has 0 saturated heterocycles. The molecule has 26 heavy (non-hydrogen) atoms. The number of hydrogen-bond donors (Lipinski definition) is 1. The molecule has 142 valence electrons. The van der Waals surface area contributed by atoms with Crippen LogP contribution in [0.4, 0.5) is 0 Å². The van der Waals surface area contributed by atoms with Crippen molar-refractivity contribution >= 4 is 5.91 Å². The molecule has 0 aromatic heterocycles. The molecule has 0 fully saturated rings. The number of carbonyl (C=O) groups excluding carboxylic acids is 1. The first kappa shape index (κ1) is 22.0. The maximum atomic E-state index is 12.9. The lowest BCUT2D eigenvalue weighted by molar-refractivity contribution is -0.124. The molecule has 0 bridgehead atoms. The zero-order valence-electron chi connectivity index (χ0n) is 17.3. The Labute approximate surface area is 160 Å². The van der Waals surface area contributed by atoms with Gasteiger partial charge in [0.2, 0.25) is 5.91 Å². The van der Waals surface area contributed by atoms with Gasteiger partial charge in [-0.25, -0.2) is 0 Å². The van der Waals surface area contributed by atoms with Gasteiger partial charge in [0.1, 0.15) is 0 Å². The van der Waals surface area contributed by atoms with Crippen LogP contribution in [-0.2, 0) is 10.2 Å². The van der Waals surface area contributed by atoms with Gasteiger partial charge < -0.3 is 5.32 Å². The SMILES string of the molecule is CC(C)C.CC(C)CCNC(=O)C(C)(c1ccccc1)c1ccccc1. The van der Waals surface area contributed by atoms with E-state index in [2.05, 4.69) is 39.9 Å². The number of carbonyl (C=O) groups is 1. The molecule has 0 atom stereocenters. The van der Waals surface area contributed by atoms with Gasteiger partial charge in [-0.2, -0.15) is 0 Å². The lowest BCUT2D eigenvalue weighted by Gasteiger charge is -2.30. The summed E-state index contributed by atoms with van der Waals surface area (Å²) in [6, 6.07) is 20.0. The van der Waals surface area contributed by atoms with E-state index in [9.17, 15) is 4.79 Å². The van der Waals surface area contributed by atoms with E-state index < -0.39 is 5.41 Å². The van der Waals surface area contributed by atoms with E-state index >= 15 is 0 Å². The van der Waals surface area contributed by atoms with Crippen molar-refractivity contribution in [2.24, 2.45) is 11.8 Å². The second-order valence-corrected chi connectivity index (χ2v) is 8.03. The van der Waals surface area contributed by atoms with E-state index in [4.69, 9.17) is 0 Å². The largest absolute Gasteiger partial charge is 0.355 e. The minimum Gasteiger partial charge on any atom is -0.355 e. The van der Waals surface area contributed by atoms with Gasteiger partial charge in [0.25, 0.3) is 0 Å². The maximum absolute atomic E-state index is 12.9. The third-order valence-electron chi connectivity index (χ3n) is 4.16. The smallest absolute Gasteiger partial charge is 0.234 e. The Morgan fingerprint density at radius 2 is 1.23 bits per heavy atom. The molecule has 2 aromatic carbocycles. The Bertz CT molecular complexity index is 590. The highest BCUT2D eigenvalue weighted by molar-refractivity contribution is 5.91. The van der Waals surface area contributed by atoms with Crippen LogP contribution in [0.1, 0.15) is 59.1 Å². The molecule has 1 N–H and O–H groups in total. The highest BCUT2D eigenvalue weighted by Gasteiger charge is 2.36. The predicted molar refractivity (Wildman–Crippen MR) is 112 cm³/mol. The third kappa shape index (κ3) is 6.67. The Morgan fingerprint density at radius 3 is 1.58 bits per heavy atom. The van der Waals surface area contributed by atoms with Crippen LogP contribution in [-0.4, -0.2) is 12.5 Å². The Morgan fingerprint density at radius 1 is 0.846 bits per heavy atom. The van der Waals surface area contributed by atoms with E-state index in [1.165, 1.54) is 0 Å². The minimum atomic E-state index is -0.667. The summed E-state index contributed by atoms with van der Waals surface area (Å²) in [6.45, 7) is 13.5. The van der Waals surface area contributed by atoms with Gasteiger partial charge in [0.15, 0.2) is 0 Å². The summed E-state index contributed by atoms with van der Waals surface area (Å²) in [4.78, 5) is 12.9. The highest BCUT2D eigenvalue weighted by Crippen LogP contribution is 2.32. The molecule has 0 radical (unpaired) electrons. The van der Waals surface area contributed by atoms with Crippen molar-refractivity contribution in [3.05, 3.63) is 71.8 Å². The fourth-order valence-electron chi connectivity index (χ4n) is 2.62. The Kier molecular flexibility index (Phi) is 9.12. The number of benzene rings is 2. The quantitative estimate of drug-likeness (QED) is 0.697. The second kappa shape index (κ2) is 10.8. The molecule has 0 saturated carbocycles. The molecule has 0 aliphatic heterocycles. The number of nitrogens with one attached hydrogen (secondary N) is 1. The lowest BCUT2D eigenvalue weighted by atomic mass is 9.75. The summed E-state index contributed by atoms with van der Waals surface area (Å²) in [5.74, 6) is 1.48. The normalized spacial score (nSPS) is 11.1.